The van der Waals surface area contributed by atoms with Crippen molar-refractivity contribution in [2.24, 2.45) is 0 Å². The largest absolute Gasteiger partial charge is 0.243 e. The van der Waals surface area contributed by atoms with Crippen molar-refractivity contribution in [3.8, 4) is 0 Å². The average molecular weight is 393 g/mol. The van der Waals surface area contributed by atoms with E-state index < -0.39 is 15.8 Å². The molecule has 26 heavy (non-hydrogen) atoms. The highest BCUT2D eigenvalue weighted by molar-refractivity contribution is 7.89. The molecule has 1 saturated heterocycles. The summed E-state index contributed by atoms with van der Waals surface area (Å²) >= 11 is 1.39. The molecular formula is C16H16FN5O2S2. The average Bonchev–Trinajstić information content (AvgIpc) is 3.04. The molecule has 2 aliphatic rings. The van der Waals surface area contributed by atoms with Crippen molar-refractivity contribution in [2.45, 2.75) is 42.5 Å². The molecular weight excluding hydrogens is 377 g/mol. The fraction of sp³-hybridized carbons (Fsp3) is 0.438. The van der Waals surface area contributed by atoms with E-state index in [1.807, 2.05) is 0 Å². The molecule has 7 nitrogen and oxygen atoms in total. The number of hydrogen-bond donors (Lipinski definition) is 0. The van der Waals surface area contributed by atoms with Crippen molar-refractivity contribution >= 4 is 26.3 Å². The van der Waals surface area contributed by atoms with Gasteiger partial charge < -0.3 is 0 Å². The van der Waals surface area contributed by atoms with Gasteiger partial charge in [0.25, 0.3) is 0 Å². The van der Waals surface area contributed by atoms with Crippen LogP contribution in [0.25, 0.3) is 4.96 Å². The Morgan fingerprint density at radius 1 is 1.12 bits per heavy atom. The summed E-state index contributed by atoms with van der Waals surface area (Å²) < 4.78 is 42.4. The fourth-order valence-corrected chi connectivity index (χ4v) is 6.11. The van der Waals surface area contributed by atoms with E-state index in [0.29, 0.717) is 23.8 Å². The maximum Gasteiger partial charge on any atom is 0.243 e. The van der Waals surface area contributed by atoms with E-state index in [1.165, 1.54) is 39.9 Å². The van der Waals surface area contributed by atoms with Crippen molar-refractivity contribution in [3.05, 3.63) is 40.9 Å². The van der Waals surface area contributed by atoms with Gasteiger partial charge in [-0.3, -0.25) is 0 Å². The highest BCUT2D eigenvalue weighted by atomic mass is 32.2. The lowest BCUT2D eigenvalue weighted by Crippen LogP contribution is -2.30. The number of sulfonamides is 1. The molecule has 0 N–H and O–H groups in total. The summed E-state index contributed by atoms with van der Waals surface area (Å²) in [4.78, 5) is 0.806. The van der Waals surface area contributed by atoms with Crippen LogP contribution in [0, 0.1) is 5.82 Å². The normalized spacial score (nSPS) is 21.7. The minimum atomic E-state index is -3.70. The Morgan fingerprint density at radius 3 is 2.62 bits per heavy atom. The van der Waals surface area contributed by atoms with Gasteiger partial charge in [-0.2, -0.15) is 13.9 Å². The third-order valence-corrected chi connectivity index (χ3v) is 7.80. The van der Waals surface area contributed by atoms with E-state index in [1.54, 1.807) is 4.52 Å². The van der Waals surface area contributed by atoms with Gasteiger partial charge in [0.15, 0.2) is 5.82 Å². The number of benzene rings is 1. The minimum absolute atomic E-state index is 0.104. The predicted molar refractivity (Wildman–Crippen MR) is 92.9 cm³/mol. The zero-order valence-electron chi connectivity index (χ0n) is 13.7. The molecule has 2 aromatic heterocycles. The van der Waals surface area contributed by atoms with Crippen LogP contribution in [0.15, 0.2) is 29.2 Å². The van der Waals surface area contributed by atoms with E-state index in [2.05, 4.69) is 15.3 Å². The van der Waals surface area contributed by atoms with Gasteiger partial charge in [-0.1, -0.05) is 11.3 Å². The predicted octanol–water partition coefficient (Wildman–Crippen LogP) is 2.73. The lowest BCUT2D eigenvalue weighted by Gasteiger charge is -2.22. The van der Waals surface area contributed by atoms with Crippen molar-refractivity contribution in [2.75, 3.05) is 6.54 Å². The zero-order valence-corrected chi connectivity index (χ0v) is 15.4. The minimum Gasteiger partial charge on any atom is -0.207 e. The first-order valence-corrected chi connectivity index (χ1v) is 10.8. The van der Waals surface area contributed by atoms with E-state index in [-0.39, 0.29) is 10.9 Å². The molecule has 2 fully saturated rings. The van der Waals surface area contributed by atoms with Crippen LogP contribution < -0.4 is 0 Å². The van der Waals surface area contributed by atoms with Crippen LogP contribution in [0.2, 0.25) is 0 Å². The molecule has 1 aliphatic carbocycles. The second-order valence-electron chi connectivity index (χ2n) is 6.69. The molecule has 0 amide bonds. The fourth-order valence-electron chi connectivity index (χ4n) is 3.39. The van der Waals surface area contributed by atoms with Crippen molar-refractivity contribution < 1.29 is 12.8 Å². The topological polar surface area (TPSA) is 80.5 Å². The Bertz CT molecular complexity index is 1070. The van der Waals surface area contributed by atoms with Crippen LogP contribution in [0.5, 0.6) is 0 Å². The van der Waals surface area contributed by atoms with E-state index >= 15 is 0 Å². The Kier molecular flexibility index (Phi) is 3.63. The van der Waals surface area contributed by atoms with Gasteiger partial charge in [0.1, 0.15) is 10.8 Å². The Balaban J connectivity index is 1.51. The SMILES string of the molecule is O=S(=O)(c1ccc(F)cc1)N1CCC[C@H]1c1nn2c(C3CC3)nnc2s1. The summed E-state index contributed by atoms with van der Waals surface area (Å²) in [6, 6.07) is 4.64. The standard InChI is InChI=1S/C16H16FN5O2S2/c17-11-5-7-12(8-6-11)26(23,24)21-9-1-2-13(21)15-20-22-14(10-3-4-10)18-19-16(22)25-15/h5-8,10,13H,1-4,9H2/t13-/m0/s1. The Morgan fingerprint density at radius 2 is 1.88 bits per heavy atom. The molecule has 1 aromatic carbocycles. The van der Waals surface area contributed by atoms with Crippen LogP contribution in [-0.2, 0) is 10.0 Å². The highest BCUT2D eigenvalue weighted by Gasteiger charge is 2.39. The van der Waals surface area contributed by atoms with Gasteiger partial charge in [0.05, 0.1) is 10.9 Å². The first-order valence-electron chi connectivity index (χ1n) is 8.53. The summed E-state index contributed by atoms with van der Waals surface area (Å²) in [5.74, 6) is 0.833. The van der Waals surface area contributed by atoms with Crippen molar-refractivity contribution in [1.29, 1.82) is 0 Å². The maximum absolute atomic E-state index is 13.2. The van der Waals surface area contributed by atoms with Gasteiger partial charge in [0, 0.05) is 12.5 Å². The first-order chi connectivity index (χ1) is 12.5. The zero-order chi connectivity index (χ0) is 17.9. The molecule has 10 heteroatoms. The third kappa shape index (κ3) is 2.55. The number of fused-ring (bicyclic) bond motifs is 1. The molecule has 5 rings (SSSR count). The summed E-state index contributed by atoms with van der Waals surface area (Å²) in [6.45, 7) is 0.431. The van der Waals surface area contributed by atoms with Crippen molar-refractivity contribution in [3.63, 3.8) is 0 Å². The molecule has 0 radical (unpaired) electrons. The Hall–Kier alpha value is -1.91. The molecule has 1 atom stereocenters. The number of hydrogen-bond acceptors (Lipinski definition) is 6. The second kappa shape index (κ2) is 5.80. The molecule has 0 bridgehead atoms. The molecule has 3 heterocycles. The summed E-state index contributed by atoms with van der Waals surface area (Å²) in [6.07, 6.45) is 3.67. The van der Waals surface area contributed by atoms with Crippen molar-refractivity contribution in [1.82, 2.24) is 24.1 Å². The van der Waals surface area contributed by atoms with Gasteiger partial charge in [-0.25, -0.2) is 12.8 Å². The van der Waals surface area contributed by atoms with Crippen LogP contribution in [0.4, 0.5) is 4.39 Å². The van der Waals surface area contributed by atoms with Crippen LogP contribution in [0.3, 0.4) is 0 Å². The van der Waals surface area contributed by atoms with Gasteiger partial charge >= 0.3 is 0 Å². The summed E-state index contributed by atoms with van der Waals surface area (Å²) in [5.41, 5.74) is 0. The maximum atomic E-state index is 13.2. The number of rotatable bonds is 4. The Labute approximate surface area is 153 Å². The van der Waals surface area contributed by atoms with Gasteiger partial charge in [0.2, 0.25) is 15.0 Å². The van der Waals surface area contributed by atoms with E-state index in [0.717, 1.165) is 30.1 Å². The second-order valence-corrected chi connectivity index (χ2v) is 9.57. The molecule has 0 unspecified atom stereocenters. The van der Waals surface area contributed by atoms with E-state index in [4.69, 9.17) is 0 Å². The summed E-state index contributed by atoms with van der Waals surface area (Å²) in [7, 11) is -3.70. The molecule has 3 aromatic rings. The lowest BCUT2D eigenvalue weighted by atomic mass is 10.2. The molecule has 0 spiro atoms. The van der Waals surface area contributed by atoms with Crippen LogP contribution >= 0.6 is 11.3 Å². The first kappa shape index (κ1) is 16.3. The third-order valence-electron chi connectivity index (χ3n) is 4.88. The quantitative estimate of drug-likeness (QED) is 0.681. The monoisotopic (exact) mass is 393 g/mol. The van der Waals surface area contributed by atoms with Crippen LogP contribution in [-0.4, -0.2) is 39.1 Å². The molecule has 1 saturated carbocycles. The highest BCUT2D eigenvalue weighted by Crippen LogP contribution is 2.41. The number of aromatic nitrogens is 4. The molecule has 136 valence electrons. The van der Waals surface area contributed by atoms with Gasteiger partial charge in [-0.05, 0) is 49.9 Å². The van der Waals surface area contributed by atoms with E-state index in [9.17, 15) is 12.8 Å². The van der Waals surface area contributed by atoms with Gasteiger partial charge in [-0.15, -0.1) is 10.2 Å². The molecule has 1 aliphatic heterocycles. The van der Waals surface area contributed by atoms with Crippen LogP contribution in [0.1, 0.15) is 48.5 Å². The lowest BCUT2D eigenvalue weighted by molar-refractivity contribution is 0.393. The number of nitrogens with zero attached hydrogens (tertiary/aromatic N) is 5. The summed E-state index contributed by atoms with van der Waals surface area (Å²) in [5, 5.41) is 13.8. The number of halogens is 1. The smallest absolute Gasteiger partial charge is 0.207 e.